The molecule has 1 saturated heterocycles. The summed E-state index contributed by atoms with van der Waals surface area (Å²) >= 11 is 0. The van der Waals surface area contributed by atoms with Crippen molar-refractivity contribution in [2.24, 2.45) is 0 Å². The average Bonchev–Trinajstić information content (AvgIpc) is 3.56. The molecule has 1 aromatic carbocycles. The Morgan fingerprint density at radius 3 is 2.50 bits per heavy atom. The molecule has 248 valence electrons. The number of halogens is 3. The first-order chi connectivity index (χ1) is 21.4. The van der Waals surface area contributed by atoms with Crippen LogP contribution in [0.4, 0.5) is 34.4 Å². The number of hydrogen-bond acceptors (Lipinski definition) is 9. The van der Waals surface area contributed by atoms with Gasteiger partial charge >= 0.3 is 189 Å². The number of hydrogen-bond donors (Lipinski definition) is 1. The summed E-state index contributed by atoms with van der Waals surface area (Å²) in [5, 5.41) is 0.812. The van der Waals surface area contributed by atoms with E-state index in [1.807, 2.05) is 24.6 Å². The summed E-state index contributed by atoms with van der Waals surface area (Å²) in [6, 6.07) is 7.89. The molecule has 1 aliphatic rings. The molecule has 1 aliphatic heterocycles. The van der Waals surface area contributed by atoms with Crippen molar-refractivity contribution in [2.75, 3.05) is 30.6 Å². The number of alkyl halides is 3. The van der Waals surface area contributed by atoms with Gasteiger partial charge < -0.3 is 5.73 Å². The van der Waals surface area contributed by atoms with Crippen LogP contribution in [0.2, 0.25) is 0 Å². The molecule has 1 fully saturated rings. The Morgan fingerprint density at radius 1 is 1.09 bits per heavy atom. The summed E-state index contributed by atoms with van der Waals surface area (Å²) in [6.45, 7) is 10.6. The minimum absolute atomic E-state index is 0.0451. The first-order valence-corrected chi connectivity index (χ1v) is 18.3. The van der Waals surface area contributed by atoms with Crippen molar-refractivity contribution >= 4 is 53.2 Å². The molecule has 11 nitrogen and oxygen atoms in total. The summed E-state index contributed by atoms with van der Waals surface area (Å²) < 4.78 is 59.0. The molecule has 0 spiro atoms. The van der Waals surface area contributed by atoms with Crippen molar-refractivity contribution in [1.82, 2.24) is 19.5 Å². The normalized spacial score (nSPS) is 17.8. The number of anilines is 2. The molecule has 2 amide bonds. The number of benzene rings is 1. The summed E-state index contributed by atoms with van der Waals surface area (Å²) in [7, 11) is -2.39. The van der Waals surface area contributed by atoms with Gasteiger partial charge in [0.15, 0.2) is 0 Å². The van der Waals surface area contributed by atoms with E-state index in [-0.39, 0.29) is 18.1 Å². The molecule has 2 N–H and O–H groups in total. The van der Waals surface area contributed by atoms with Gasteiger partial charge in [-0.2, -0.15) is 13.2 Å². The van der Waals surface area contributed by atoms with Crippen molar-refractivity contribution in [3.05, 3.63) is 54.0 Å². The molecular formula is C31H38F3N6O5P. The molecule has 2 atom stereocenters. The number of nitrogens with two attached hydrogens (primary N) is 1. The van der Waals surface area contributed by atoms with E-state index >= 15 is 0 Å². The van der Waals surface area contributed by atoms with Crippen LogP contribution < -0.4 is 10.6 Å². The van der Waals surface area contributed by atoms with Gasteiger partial charge in [0.05, 0.1) is 11.1 Å². The second kappa shape index (κ2) is 12.3. The molecule has 4 aromatic rings. The van der Waals surface area contributed by atoms with E-state index in [0.29, 0.717) is 41.2 Å². The molecule has 0 bridgehead atoms. The van der Waals surface area contributed by atoms with Crippen molar-refractivity contribution in [3.8, 4) is 0 Å². The van der Waals surface area contributed by atoms with E-state index in [0.717, 1.165) is 23.0 Å². The third-order valence-electron chi connectivity index (χ3n) is 7.22. The molecule has 2 unspecified atom stereocenters. The number of rotatable bonds is 6. The molecular weight excluding hydrogens is 624 g/mol. The fourth-order valence-electron chi connectivity index (χ4n) is 5.27. The molecule has 5 rings (SSSR count). The van der Waals surface area contributed by atoms with Crippen molar-refractivity contribution in [2.45, 2.75) is 70.6 Å². The van der Waals surface area contributed by atoms with Gasteiger partial charge in [-0.15, -0.1) is 0 Å². The van der Waals surface area contributed by atoms with Gasteiger partial charge in [-0.3, -0.25) is 0 Å². The fourth-order valence-corrected chi connectivity index (χ4v) is 5.89. The van der Waals surface area contributed by atoms with Crippen LogP contribution in [0.15, 0.2) is 42.9 Å². The van der Waals surface area contributed by atoms with Crippen LogP contribution in [0.25, 0.3) is 21.9 Å². The van der Waals surface area contributed by atoms with Crippen LogP contribution in [0.3, 0.4) is 0 Å². The number of ether oxygens (including phenoxy) is 2. The van der Waals surface area contributed by atoms with Gasteiger partial charge in [-0.05, 0) is 17.7 Å². The van der Waals surface area contributed by atoms with Gasteiger partial charge in [0.1, 0.15) is 5.82 Å². The van der Waals surface area contributed by atoms with E-state index in [2.05, 4.69) is 15.0 Å². The van der Waals surface area contributed by atoms with Crippen LogP contribution in [0, 0.1) is 0 Å². The first kappa shape index (κ1) is 33.3. The Kier molecular flexibility index (Phi) is 8.91. The van der Waals surface area contributed by atoms with Gasteiger partial charge in [0.2, 0.25) is 0 Å². The molecule has 0 radical (unpaired) electrons. The Hall–Kier alpha value is -4.03. The number of pyridine rings is 1. The summed E-state index contributed by atoms with van der Waals surface area (Å²) in [5.41, 5.74) is 5.55. The van der Waals surface area contributed by atoms with Gasteiger partial charge in [-0.1, -0.05) is 12.1 Å². The third kappa shape index (κ3) is 7.50. The van der Waals surface area contributed by atoms with Gasteiger partial charge in [-0.25, -0.2) is 4.98 Å². The predicted octanol–water partition coefficient (Wildman–Crippen LogP) is 7.32. The monoisotopic (exact) mass is 662 g/mol. The Balaban J connectivity index is 1.32. The van der Waals surface area contributed by atoms with Gasteiger partial charge in [0, 0.05) is 5.39 Å². The zero-order valence-electron chi connectivity index (χ0n) is 26.5. The van der Waals surface area contributed by atoms with Crippen molar-refractivity contribution in [1.29, 1.82) is 0 Å². The third-order valence-corrected chi connectivity index (χ3v) is 8.01. The molecule has 3 aromatic heterocycles. The number of imide groups is 1. The van der Waals surface area contributed by atoms with Crippen molar-refractivity contribution < 1.29 is 36.8 Å². The summed E-state index contributed by atoms with van der Waals surface area (Å²) in [5.74, 6) is -0.504. The zero-order valence-corrected chi connectivity index (χ0v) is 27.5. The Labute approximate surface area is 264 Å². The molecule has 46 heavy (non-hydrogen) atoms. The number of nitrogen functional groups attached to an aromatic ring is 1. The van der Waals surface area contributed by atoms with E-state index in [1.165, 1.54) is 6.33 Å². The maximum atomic E-state index is 13.3. The quantitative estimate of drug-likeness (QED) is 0.211. The zero-order chi connectivity index (χ0) is 33.6. The Bertz CT molecular complexity index is 1750. The Morgan fingerprint density at radius 2 is 1.83 bits per heavy atom. The minimum atomic E-state index is -4.57. The van der Waals surface area contributed by atoms with Crippen LogP contribution in [-0.4, -0.2) is 63.4 Å². The summed E-state index contributed by atoms with van der Waals surface area (Å²) in [4.78, 5) is 40.0. The predicted molar refractivity (Wildman–Crippen MR) is 171 cm³/mol. The first-order valence-electron chi connectivity index (χ1n) is 14.9. The standard InChI is InChI=1S/C31H38F3N6O5P/c1-30(2,3)44-28(41)40(29(42)45-46(4,5)6)27-21-13-14-39(26(21)36-17-37-27)24-12-11-20(43-24)10-8-18-7-9-19-16-22(31(32,33)34)25(35)38-23(19)15-18/h7,9,13-17,20,24,46H,8,10-12H2,1-6H3,(H2,35,38). The number of carbonyl (C=O) groups is 2. The topological polar surface area (TPSA) is 135 Å². The number of carbonyl (C=O) groups excluding carboxylic acids is 2. The molecule has 15 heteroatoms. The van der Waals surface area contributed by atoms with Crippen molar-refractivity contribution in [3.63, 3.8) is 0 Å². The molecule has 4 heterocycles. The average molecular weight is 663 g/mol. The SMILES string of the molecule is CC(C)(C)OC(=O)N(C(=O)O[PH](C)(C)C)c1ncnc2c1ccn2C1CCC(CCc2ccc3cc(C(F)(F)F)c(N)nc3c2)O1. The second-order valence-electron chi connectivity index (χ2n) is 13.2. The van der Waals surface area contributed by atoms with Gasteiger partial charge in [0.25, 0.3) is 0 Å². The number of fused-ring (bicyclic) bond motifs is 2. The van der Waals surface area contributed by atoms with E-state index < -0.39 is 42.8 Å². The number of amides is 2. The number of aryl methyl sites for hydroxylation is 1. The van der Waals surface area contributed by atoms with Crippen LogP contribution in [0.5, 0.6) is 0 Å². The van der Waals surface area contributed by atoms with E-state index in [4.69, 9.17) is 19.7 Å². The maximum absolute atomic E-state index is 13.3. The number of aromatic nitrogens is 4. The fraction of sp³-hybridized carbons (Fsp3) is 0.452. The van der Waals surface area contributed by atoms with Crippen LogP contribution >= 0.6 is 7.49 Å². The molecule has 0 aliphatic carbocycles. The van der Waals surface area contributed by atoms with E-state index in [9.17, 15) is 22.8 Å². The van der Waals surface area contributed by atoms with Crippen LogP contribution in [0.1, 0.15) is 57.4 Å². The van der Waals surface area contributed by atoms with Crippen LogP contribution in [-0.2, 0) is 26.6 Å². The molecule has 0 saturated carbocycles. The second-order valence-corrected chi connectivity index (χ2v) is 17.7. The number of nitrogens with zero attached hydrogens (tertiary/aromatic N) is 5. The summed E-state index contributed by atoms with van der Waals surface area (Å²) in [6.07, 6.45) is -0.984. The van der Waals surface area contributed by atoms with E-state index in [1.54, 1.807) is 51.2 Å².